The van der Waals surface area contributed by atoms with Crippen LogP contribution in [0.1, 0.15) is 5.56 Å². The molecule has 0 radical (unpaired) electrons. The number of aryl methyl sites for hydroxylation is 1. The Morgan fingerprint density at radius 2 is 1.89 bits per heavy atom. The van der Waals surface area contributed by atoms with Gasteiger partial charge >= 0.3 is 0 Å². The lowest BCUT2D eigenvalue weighted by atomic mass is 10.2. The molecule has 3 rings (SSSR count). The summed E-state index contributed by atoms with van der Waals surface area (Å²) in [7, 11) is 0. The third-order valence-electron chi connectivity index (χ3n) is 3.31. The number of imidazole rings is 1. The van der Waals surface area contributed by atoms with Crippen LogP contribution in [0.15, 0.2) is 61.2 Å². The molecule has 0 saturated heterocycles. The van der Waals surface area contributed by atoms with E-state index >= 15 is 0 Å². The maximum atomic E-state index is 4.78. The van der Waals surface area contributed by atoms with Gasteiger partial charge in [0.25, 0.3) is 0 Å². The van der Waals surface area contributed by atoms with E-state index in [1.165, 1.54) is 11.1 Å². The van der Waals surface area contributed by atoms with E-state index in [0.29, 0.717) is 0 Å². The van der Waals surface area contributed by atoms with Crippen molar-refractivity contribution < 1.29 is 0 Å². The van der Waals surface area contributed by atoms with Crippen LogP contribution in [-0.4, -0.2) is 9.55 Å². The highest BCUT2D eigenvalue weighted by atomic mass is 15.1. The first-order chi connectivity index (χ1) is 9.31. The Kier molecular flexibility index (Phi) is 2.92. The zero-order chi connectivity index (χ0) is 13.2. The summed E-state index contributed by atoms with van der Waals surface area (Å²) in [6, 6.07) is 16.5. The molecule has 0 aliphatic carbocycles. The first kappa shape index (κ1) is 11.7. The SMILES string of the molecule is C=CCn1c(-c2ccccc2)nc2cccc(C)c21. The number of hydrogen-bond donors (Lipinski definition) is 0. The molecular weight excluding hydrogens is 232 g/mol. The lowest BCUT2D eigenvalue weighted by molar-refractivity contribution is 0.859. The minimum Gasteiger partial charge on any atom is -0.320 e. The van der Waals surface area contributed by atoms with Crippen molar-refractivity contribution in [3.8, 4) is 11.4 Å². The Bertz CT molecular complexity index is 724. The molecule has 0 N–H and O–H groups in total. The molecule has 0 atom stereocenters. The minimum atomic E-state index is 0.769. The first-order valence-electron chi connectivity index (χ1n) is 6.43. The second-order valence-electron chi connectivity index (χ2n) is 4.64. The van der Waals surface area contributed by atoms with E-state index in [1.54, 1.807) is 0 Å². The molecule has 0 bridgehead atoms. The van der Waals surface area contributed by atoms with Gasteiger partial charge in [-0.1, -0.05) is 48.5 Å². The number of aromatic nitrogens is 2. The van der Waals surface area contributed by atoms with Crippen molar-refractivity contribution in [3.63, 3.8) is 0 Å². The lowest BCUT2D eigenvalue weighted by Crippen LogP contribution is -1.99. The second kappa shape index (κ2) is 4.73. The zero-order valence-corrected chi connectivity index (χ0v) is 11.0. The zero-order valence-electron chi connectivity index (χ0n) is 11.0. The molecule has 2 heteroatoms. The monoisotopic (exact) mass is 248 g/mol. The van der Waals surface area contributed by atoms with Gasteiger partial charge in [0, 0.05) is 12.1 Å². The predicted molar refractivity (Wildman–Crippen MR) is 80.1 cm³/mol. The third kappa shape index (κ3) is 1.95. The molecular formula is C17H16N2. The molecule has 0 spiro atoms. The van der Waals surface area contributed by atoms with Gasteiger partial charge < -0.3 is 4.57 Å². The molecule has 0 saturated carbocycles. The van der Waals surface area contributed by atoms with Crippen molar-refractivity contribution >= 4 is 11.0 Å². The summed E-state index contributed by atoms with van der Waals surface area (Å²) in [5.74, 6) is 1.00. The van der Waals surface area contributed by atoms with Crippen LogP contribution in [0.4, 0.5) is 0 Å². The van der Waals surface area contributed by atoms with Crippen molar-refractivity contribution in [1.82, 2.24) is 9.55 Å². The van der Waals surface area contributed by atoms with E-state index in [9.17, 15) is 0 Å². The van der Waals surface area contributed by atoms with Crippen LogP contribution >= 0.6 is 0 Å². The van der Waals surface area contributed by atoms with Crippen LogP contribution in [0.5, 0.6) is 0 Å². The average Bonchev–Trinajstić information content (AvgIpc) is 2.81. The molecule has 19 heavy (non-hydrogen) atoms. The fraction of sp³-hybridized carbons (Fsp3) is 0.118. The number of allylic oxidation sites excluding steroid dienone is 1. The summed E-state index contributed by atoms with van der Waals surface area (Å²) < 4.78 is 2.23. The van der Waals surface area contributed by atoms with Crippen LogP contribution in [0, 0.1) is 6.92 Å². The topological polar surface area (TPSA) is 17.8 Å². The van der Waals surface area contributed by atoms with Gasteiger partial charge in [0.15, 0.2) is 0 Å². The molecule has 0 unspecified atom stereocenters. The Balaban J connectivity index is 2.33. The molecule has 0 aliphatic rings. The second-order valence-corrected chi connectivity index (χ2v) is 4.64. The molecule has 0 fully saturated rings. The highest BCUT2D eigenvalue weighted by molar-refractivity contribution is 5.83. The van der Waals surface area contributed by atoms with Crippen LogP contribution in [0.25, 0.3) is 22.4 Å². The number of benzene rings is 2. The number of para-hydroxylation sites is 1. The summed E-state index contributed by atoms with van der Waals surface area (Å²) in [5, 5.41) is 0. The van der Waals surface area contributed by atoms with Crippen molar-refractivity contribution in [1.29, 1.82) is 0 Å². The summed E-state index contributed by atoms with van der Waals surface area (Å²) in [4.78, 5) is 4.78. The van der Waals surface area contributed by atoms with Crippen molar-refractivity contribution in [2.24, 2.45) is 0 Å². The van der Waals surface area contributed by atoms with E-state index in [2.05, 4.69) is 48.4 Å². The standard InChI is InChI=1S/C17H16N2/c1-3-12-19-16-13(2)8-7-11-15(16)18-17(19)14-9-5-4-6-10-14/h3-11H,1,12H2,2H3. The van der Waals surface area contributed by atoms with E-state index in [1.807, 2.05) is 24.3 Å². The van der Waals surface area contributed by atoms with Crippen LogP contribution < -0.4 is 0 Å². The van der Waals surface area contributed by atoms with Gasteiger partial charge in [0.1, 0.15) is 5.82 Å². The summed E-state index contributed by atoms with van der Waals surface area (Å²) in [6.45, 7) is 6.75. The van der Waals surface area contributed by atoms with E-state index in [4.69, 9.17) is 4.98 Å². The van der Waals surface area contributed by atoms with Gasteiger partial charge in [-0.05, 0) is 18.6 Å². The summed E-state index contributed by atoms with van der Waals surface area (Å²) in [5.41, 5.74) is 4.62. The molecule has 1 aromatic heterocycles. The van der Waals surface area contributed by atoms with E-state index in [-0.39, 0.29) is 0 Å². The third-order valence-corrected chi connectivity index (χ3v) is 3.31. The molecule has 3 aromatic rings. The lowest BCUT2D eigenvalue weighted by Gasteiger charge is -2.07. The molecule has 0 aliphatic heterocycles. The number of nitrogens with zero attached hydrogens (tertiary/aromatic N) is 2. The normalized spacial score (nSPS) is 10.8. The smallest absolute Gasteiger partial charge is 0.141 e. The van der Waals surface area contributed by atoms with Gasteiger partial charge in [-0.15, -0.1) is 6.58 Å². The number of rotatable bonds is 3. The van der Waals surface area contributed by atoms with Crippen molar-refractivity contribution in [2.75, 3.05) is 0 Å². The van der Waals surface area contributed by atoms with Crippen molar-refractivity contribution in [2.45, 2.75) is 13.5 Å². The molecule has 2 nitrogen and oxygen atoms in total. The van der Waals surface area contributed by atoms with Gasteiger partial charge in [-0.25, -0.2) is 4.98 Å². The van der Waals surface area contributed by atoms with Crippen LogP contribution in [0.3, 0.4) is 0 Å². The quantitative estimate of drug-likeness (QED) is 0.635. The number of fused-ring (bicyclic) bond motifs is 1. The Hall–Kier alpha value is -2.35. The first-order valence-corrected chi connectivity index (χ1v) is 6.43. The maximum absolute atomic E-state index is 4.78. The van der Waals surface area contributed by atoms with E-state index < -0.39 is 0 Å². The predicted octanol–water partition coefficient (Wildman–Crippen LogP) is 4.20. The number of hydrogen-bond acceptors (Lipinski definition) is 1. The molecule has 94 valence electrons. The average molecular weight is 248 g/mol. The molecule has 1 heterocycles. The van der Waals surface area contributed by atoms with Gasteiger partial charge in [-0.3, -0.25) is 0 Å². The Labute approximate surface area is 113 Å². The Morgan fingerprint density at radius 3 is 2.63 bits per heavy atom. The highest BCUT2D eigenvalue weighted by Gasteiger charge is 2.12. The van der Waals surface area contributed by atoms with Gasteiger partial charge in [-0.2, -0.15) is 0 Å². The maximum Gasteiger partial charge on any atom is 0.141 e. The largest absolute Gasteiger partial charge is 0.320 e. The summed E-state index contributed by atoms with van der Waals surface area (Å²) >= 11 is 0. The highest BCUT2D eigenvalue weighted by Crippen LogP contribution is 2.26. The van der Waals surface area contributed by atoms with Crippen molar-refractivity contribution in [3.05, 3.63) is 66.7 Å². The Morgan fingerprint density at radius 1 is 1.11 bits per heavy atom. The summed E-state index contributed by atoms with van der Waals surface area (Å²) in [6.07, 6.45) is 1.92. The fourth-order valence-corrected chi connectivity index (χ4v) is 2.48. The molecule has 2 aromatic carbocycles. The van der Waals surface area contributed by atoms with Crippen LogP contribution in [0.2, 0.25) is 0 Å². The fourth-order valence-electron chi connectivity index (χ4n) is 2.48. The van der Waals surface area contributed by atoms with Gasteiger partial charge in [0.05, 0.1) is 11.0 Å². The van der Waals surface area contributed by atoms with E-state index in [0.717, 1.165) is 23.4 Å². The van der Waals surface area contributed by atoms with Crippen LogP contribution in [-0.2, 0) is 6.54 Å². The van der Waals surface area contributed by atoms with Gasteiger partial charge in [0.2, 0.25) is 0 Å². The molecule has 0 amide bonds. The minimum absolute atomic E-state index is 0.769.